The summed E-state index contributed by atoms with van der Waals surface area (Å²) in [4.78, 5) is 13.8. The van der Waals surface area contributed by atoms with Crippen LogP contribution in [-0.4, -0.2) is 22.6 Å². The number of aromatic nitrogens is 2. The molecule has 1 aromatic carbocycles. The maximum Gasteiger partial charge on any atom is 0.228 e. The fourth-order valence-corrected chi connectivity index (χ4v) is 2.38. The van der Waals surface area contributed by atoms with Crippen LogP contribution in [0, 0.1) is 5.92 Å². The van der Waals surface area contributed by atoms with Crippen molar-refractivity contribution >= 4 is 23.2 Å². The Labute approximate surface area is 124 Å². The van der Waals surface area contributed by atoms with Gasteiger partial charge in [-0.25, -0.2) is 0 Å². The van der Waals surface area contributed by atoms with Crippen LogP contribution in [0.1, 0.15) is 19.4 Å². The standard InChI is InChI=1S/C16H18N4O/c1-11(2)16(21)17-14-7-8-15(19-18-14)20-10-9-12-5-3-4-6-13(12)20/h3-8,11H,9-10H2,1-2H3,(H,17,18,21). The summed E-state index contributed by atoms with van der Waals surface area (Å²) in [6.07, 6.45) is 1.02. The number of para-hydroxylation sites is 1. The van der Waals surface area contributed by atoms with Crippen LogP contribution in [0.2, 0.25) is 0 Å². The Bertz CT molecular complexity index is 652. The molecule has 1 amide bonds. The minimum atomic E-state index is -0.0723. The lowest BCUT2D eigenvalue weighted by Crippen LogP contribution is -2.20. The zero-order valence-corrected chi connectivity index (χ0v) is 12.2. The predicted molar refractivity (Wildman–Crippen MR) is 82.7 cm³/mol. The Morgan fingerprint density at radius 3 is 2.71 bits per heavy atom. The molecule has 2 heterocycles. The lowest BCUT2D eigenvalue weighted by atomic mass is 10.2. The Kier molecular flexibility index (Phi) is 3.56. The number of hydrogen-bond donors (Lipinski definition) is 1. The largest absolute Gasteiger partial charge is 0.324 e. The van der Waals surface area contributed by atoms with Crippen molar-refractivity contribution in [1.29, 1.82) is 0 Å². The first kappa shape index (κ1) is 13.5. The Hall–Kier alpha value is -2.43. The molecule has 5 heteroatoms. The minimum absolute atomic E-state index is 0.0523. The number of hydrogen-bond acceptors (Lipinski definition) is 4. The van der Waals surface area contributed by atoms with Crippen LogP contribution in [0.15, 0.2) is 36.4 Å². The van der Waals surface area contributed by atoms with Gasteiger partial charge in [0.15, 0.2) is 11.6 Å². The van der Waals surface area contributed by atoms with E-state index < -0.39 is 0 Å². The molecule has 0 fully saturated rings. The molecule has 0 spiro atoms. The van der Waals surface area contributed by atoms with E-state index in [0.29, 0.717) is 5.82 Å². The zero-order valence-electron chi connectivity index (χ0n) is 12.2. The first-order valence-corrected chi connectivity index (χ1v) is 7.15. The summed E-state index contributed by atoms with van der Waals surface area (Å²) in [6, 6.07) is 12.0. The molecular formula is C16H18N4O. The highest BCUT2D eigenvalue weighted by Gasteiger charge is 2.21. The fourth-order valence-electron chi connectivity index (χ4n) is 2.38. The molecule has 21 heavy (non-hydrogen) atoms. The second-order valence-corrected chi connectivity index (χ2v) is 5.45. The third kappa shape index (κ3) is 2.72. The molecule has 0 atom stereocenters. The average molecular weight is 282 g/mol. The van der Waals surface area contributed by atoms with Gasteiger partial charge in [0.1, 0.15) is 0 Å². The maximum absolute atomic E-state index is 11.6. The third-order valence-corrected chi connectivity index (χ3v) is 3.59. The van der Waals surface area contributed by atoms with Gasteiger partial charge in [0.2, 0.25) is 5.91 Å². The number of anilines is 3. The van der Waals surface area contributed by atoms with E-state index in [4.69, 9.17) is 0 Å². The molecule has 1 aliphatic heterocycles. The van der Waals surface area contributed by atoms with Crippen LogP contribution in [-0.2, 0) is 11.2 Å². The summed E-state index contributed by atoms with van der Waals surface area (Å²) in [5, 5.41) is 11.1. The quantitative estimate of drug-likeness (QED) is 0.940. The number of benzene rings is 1. The van der Waals surface area contributed by atoms with Gasteiger partial charge in [0.05, 0.1) is 0 Å². The van der Waals surface area contributed by atoms with Crippen molar-refractivity contribution in [2.24, 2.45) is 5.92 Å². The molecule has 3 rings (SSSR count). The van der Waals surface area contributed by atoms with E-state index in [2.05, 4.69) is 38.6 Å². The second kappa shape index (κ2) is 5.52. The van der Waals surface area contributed by atoms with Crippen molar-refractivity contribution in [2.75, 3.05) is 16.8 Å². The first-order chi connectivity index (χ1) is 10.1. The molecule has 108 valence electrons. The van der Waals surface area contributed by atoms with Gasteiger partial charge in [-0.3, -0.25) is 4.79 Å². The van der Waals surface area contributed by atoms with E-state index in [1.54, 1.807) is 6.07 Å². The SMILES string of the molecule is CC(C)C(=O)Nc1ccc(N2CCc3ccccc32)nn1. The molecule has 2 aromatic rings. The number of amides is 1. The Morgan fingerprint density at radius 1 is 1.19 bits per heavy atom. The molecule has 0 bridgehead atoms. The number of fused-ring (bicyclic) bond motifs is 1. The number of rotatable bonds is 3. The van der Waals surface area contributed by atoms with Gasteiger partial charge in [-0.1, -0.05) is 32.0 Å². The van der Waals surface area contributed by atoms with Crippen molar-refractivity contribution in [3.8, 4) is 0 Å². The fraction of sp³-hybridized carbons (Fsp3) is 0.312. The van der Waals surface area contributed by atoms with Crippen molar-refractivity contribution in [3.05, 3.63) is 42.0 Å². The van der Waals surface area contributed by atoms with E-state index in [9.17, 15) is 4.79 Å². The summed E-state index contributed by atoms with van der Waals surface area (Å²) in [7, 11) is 0. The molecule has 1 N–H and O–H groups in total. The van der Waals surface area contributed by atoms with Gasteiger partial charge in [-0.15, -0.1) is 10.2 Å². The lowest BCUT2D eigenvalue weighted by Gasteiger charge is -2.17. The van der Waals surface area contributed by atoms with Gasteiger partial charge in [0, 0.05) is 18.2 Å². The predicted octanol–water partition coefficient (Wildman–Crippen LogP) is 2.77. The number of carbonyl (C=O) groups is 1. The minimum Gasteiger partial charge on any atom is -0.324 e. The lowest BCUT2D eigenvalue weighted by molar-refractivity contribution is -0.118. The Morgan fingerprint density at radius 2 is 2.00 bits per heavy atom. The van der Waals surface area contributed by atoms with Gasteiger partial charge >= 0.3 is 0 Å². The van der Waals surface area contributed by atoms with Gasteiger partial charge in [-0.2, -0.15) is 0 Å². The van der Waals surface area contributed by atoms with Crippen molar-refractivity contribution in [2.45, 2.75) is 20.3 Å². The molecule has 0 saturated heterocycles. The summed E-state index contributed by atoms with van der Waals surface area (Å²) >= 11 is 0. The summed E-state index contributed by atoms with van der Waals surface area (Å²) in [6.45, 7) is 4.60. The zero-order chi connectivity index (χ0) is 14.8. The molecule has 0 aliphatic carbocycles. The number of nitrogens with zero attached hydrogens (tertiary/aromatic N) is 3. The highest BCUT2D eigenvalue weighted by atomic mass is 16.1. The highest BCUT2D eigenvalue weighted by molar-refractivity contribution is 5.91. The normalized spacial score (nSPS) is 13.4. The summed E-state index contributed by atoms with van der Waals surface area (Å²) in [5.74, 6) is 1.17. The van der Waals surface area contributed by atoms with E-state index in [1.807, 2.05) is 26.0 Å². The highest BCUT2D eigenvalue weighted by Crippen LogP contribution is 2.32. The monoisotopic (exact) mass is 282 g/mol. The van der Waals surface area contributed by atoms with E-state index >= 15 is 0 Å². The van der Waals surface area contributed by atoms with E-state index in [1.165, 1.54) is 11.3 Å². The maximum atomic E-state index is 11.6. The van der Waals surface area contributed by atoms with Crippen molar-refractivity contribution in [1.82, 2.24) is 10.2 Å². The molecule has 0 unspecified atom stereocenters. The third-order valence-electron chi connectivity index (χ3n) is 3.59. The van der Waals surface area contributed by atoms with Crippen molar-refractivity contribution < 1.29 is 4.79 Å². The summed E-state index contributed by atoms with van der Waals surface area (Å²) in [5.41, 5.74) is 2.52. The van der Waals surface area contributed by atoms with Gasteiger partial charge in [0.25, 0.3) is 0 Å². The molecule has 0 radical (unpaired) electrons. The van der Waals surface area contributed by atoms with Crippen LogP contribution >= 0.6 is 0 Å². The first-order valence-electron chi connectivity index (χ1n) is 7.15. The smallest absolute Gasteiger partial charge is 0.228 e. The number of nitrogens with one attached hydrogen (secondary N) is 1. The van der Waals surface area contributed by atoms with Gasteiger partial charge < -0.3 is 10.2 Å². The topological polar surface area (TPSA) is 58.1 Å². The Balaban J connectivity index is 1.78. The van der Waals surface area contributed by atoms with Crippen LogP contribution in [0.3, 0.4) is 0 Å². The summed E-state index contributed by atoms with van der Waals surface area (Å²) < 4.78 is 0. The molecule has 0 saturated carbocycles. The molecular weight excluding hydrogens is 264 g/mol. The van der Waals surface area contributed by atoms with Crippen LogP contribution < -0.4 is 10.2 Å². The van der Waals surface area contributed by atoms with E-state index in [-0.39, 0.29) is 11.8 Å². The molecule has 5 nitrogen and oxygen atoms in total. The molecule has 1 aromatic heterocycles. The second-order valence-electron chi connectivity index (χ2n) is 5.45. The average Bonchev–Trinajstić information content (AvgIpc) is 2.92. The number of carbonyl (C=O) groups excluding carboxylic acids is 1. The van der Waals surface area contributed by atoms with Gasteiger partial charge in [-0.05, 0) is 30.2 Å². The van der Waals surface area contributed by atoms with Crippen LogP contribution in [0.5, 0.6) is 0 Å². The van der Waals surface area contributed by atoms with Crippen LogP contribution in [0.4, 0.5) is 17.3 Å². The molecule has 1 aliphatic rings. The van der Waals surface area contributed by atoms with Crippen LogP contribution in [0.25, 0.3) is 0 Å². The van der Waals surface area contributed by atoms with E-state index in [0.717, 1.165) is 18.8 Å². The van der Waals surface area contributed by atoms with Crippen molar-refractivity contribution in [3.63, 3.8) is 0 Å².